The third kappa shape index (κ3) is 5.95. The van der Waals surface area contributed by atoms with E-state index < -0.39 is 0 Å². The van der Waals surface area contributed by atoms with Crippen molar-refractivity contribution in [3.63, 3.8) is 0 Å². The number of methoxy groups -OCH3 is 2. The Hall–Kier alpha value is -4.49. The normalized spacial score (nSPS) is 12.4. The van der Waals surface area contributed by atoms with E-state index in [1.54, 1.807) is 55.8 Å². The molecule has 0 bridgehead atoms. The van der Waals surface area contributed by atoms with E-state index in [4.69, 9.17) is 9.47 Å². The number of amides is 2. The van der Waals surface area contributed by atoms with E-state index in [0.717, 1.165) is 12.8 Å². The molecule has 1 heterocycles. The number of hydrogen-bond donors (Lipinski definition) is 3. The number of nitrogens with one attached hydrogen (secondary N) is 3. The molecule has 1 aliphatic rings. The van der Waals surface area contributed by atoms with Crippen LogP contribution in [0.25, 0.3) is 11.3 Å². The van der Waals surface area contributed by atoms with Crippen molar-refractivity contribution in [3.05, 3.63) is 59.8 Å². The van der Waals surface area contributed by atoms with Crippen LogP contribution in [0.2, 0.25) is 0 Å². The first-order valence-electron chi connectivity index (χ1n) is 11.4. The lowest BCUT2D eigenvalue weighted by atomic mass is 10.1. The van der Waals surface area contributed by atoms with Crippen molar-refractivity contribution in [1.29, 1.82) is 5.26 Å². The number of ether oxygens (including phenoxy) is 2. The van der Waals surface area contributed by atoms with Crippen molar-refractivity contribution in [2.45, 2.75) is 12.8 Å². The summed E-state index contributed by atoms with van der Waals surface area (Å²) in [7, 11) is 3.06. The van der Waals surface area contributed by atoms with Crippen molar-refractivity contribution in [3.8, 4) is 23.1 Å². The van der Waals surface area contributed by atoms with E-state index in [0.29, 0.717) is 58.6 Å². The molecular formula is C26H26N6O4. The minimum atomic E-state index is -0.265. The Balaban J connectivity index is 1.50. The Labute approximate surface area is 208 Å². The van der Waals surface area contributed by atoms with Crippen LogP contribution in [0.3, 0.4) is 0 Å². The van der Waals surface area contributed by atoms with Crippen LogP contribution in [-0.4, -0.2) is 49.2 Å². The third-order valence-corrected chi connectivity index (χ3v) is 5.59. The molecule has 3 N–H and O–H groups in total. The lowest BCUT2D eigenvalue weighted by Crippen LogP contribution is -2.27. The fraction of sp³-hybridized carbons (Fsp3) is 0.269. The lowest BCUT2D eigenvalue weighted by Gasteiger charge is -2.12. The lowest BCUT2D eigenvalue weighted by molar-refractivity contribution is -0.117. The smallest absolute Gasteiger partial charge is 0.255 e. The van der Waals surface area contributed by atoms with Gasteiger partial charge in [-0.3, -0.25) is 9.59 Å². The minimum absolute atomic E-state index is 0.0458. The minimum Gasteiger partial charge on any atom is -0.496 e. The molecule has 4 rings (SSSR count). The van der Waals surface area contributed by atoms with Gasteiger partial charge in [0.15, 0.2) is 0 Å². The van der Waals surface area contributed by atoms with E-state index >= 15 is 0 Å². The van der Waals surface area contributed by atoms with Crippen LogP contribution in [-0.2, 0) is 9.53 Å². The Morgan fingerprint density at radius 2 is 1.97 bits per heavy atom. The fourth-order valence-electron chi connectivity index (χ4n) is 3.51. The number of carbonyl (C=O) groups is 2. The highest BCUT2D eigenvalue weighted by molar-refractivity contribution is 5.97. The highest BCUT2D eigenvalue weighted by Crippen LogP contribution is 2.32. The summed E-state index contributed by atoms with van der Waals surface area (Å²) in [5.74, 6) is 0.454. The van der Waals surface area contributed by atoms with Crippen LogP contribution in [0.5, 0.6) is 5.75 Å². The number of carbonyl (C=O) groups excluding carboxylic acids is 2. The molecule has 0 radical (unpaired) electrons. The molecule has 3 aromatic rings. The number of rotatable bonds is 10. The summed E-state index contributed by atoms with van der Waals surface area (Å²) in [5, 5.41) is 18.3. The monoisotopic (exact) mass is 486 g/mol. The number of anilines is 3. The Morgan fingerprint density at radius 3 is 2.69 bits per heavy atom. The predicted molar refractivity (Wildman–Crippen MR) is 134 cm³/mol. The number of benzene rings is 2. The third-order valence-electron chi connectivity index (χ3n) is 5.59. The van der Waals surface area contributed by atoms with Gasteiger partial charge >= 0.3 is 0 Å². The maximum Gasteiger partial charge on any atom is 0.255 e. The number of aromatic nitrogens is 2. The molecule has 0 spiro atoms. The van der Waals surface area contributed by atoms with Gasteiger partial charge in [0.25, 0.3) is 5.91 Å². The van der Waals surface area contributed by atoms with Gasteiger partial charge in [0.1, 0.15) is 11.8 Å². The van der Waals surface area contributed by atoms with Crippen LogP contribution in [0.4, 0.5) is 17.3 Å². The Morgan fingerprint density at radius 1 is 1.14 bits per heavy atom. The Bertz CT molecular complexity index is 1320. The molecule has 2 aromatic carbocycles. The quantitative estimate of drug-likeness (QED) is 0.370. The van der Waals surface area contributed by atoms with Gasteiger partial charge in [0.05, 0.1) is 36.2 Å². The number of nitriles is 1. The topological polar surface area (TPSA) is 138 Å². The van der Waals surface area contributed by atoms with Gasteiger partial charge in [0.2, 0.25) is 11.9 Å². The van der Waals surface area contributed by atoms with E-state index in [1.165, 1.54) is 7.11 Å². The van der Waals surface area contributed by atoms with Crippen LogP contribution >= 0.6 is 0 Å². The van der Waals surface area contributed by atoms with Gasteiger partial charge in [-0.25, -0.2) is 9.97 Å². The molecule has 0 saturated heterocycles. The van der Waals surface area contributed by atoms with Gasteiger partial charge in [0, 0.05) is 43.1 Å². The molecule has 0 aliphatic heterocycles. The first kappa shape index (κ1) is 24.6. The molecule has 1 aliphatic carbocycles. The van der Waals surface area contributed by atoms with Gasteiger partial charge in [-0.05, 0) is 43.2 Å². The molecule has 0 atom stereocenters. The summed E-state index contributed by atoms with van der Waals surface area (Å²) in [5.41, 5.74) is 3.19. The summed E-state index contributed by atoms with van der Waals surface area (Å²) >= 11 is 0. The average molecular weight is 487 g/mol. The number of hydrogen-bond acceptors (Lipinski definition) is 8. The maximum atomic E-state index is 12.4. The molecule has 1 fully saturated rings. The first-order chi connectivity index (χ1) is 17.5. The molecule has 1 saturated carbocycles. The molecule has 36 heavy (non-hydrogen) atoms. The van der Waals surface area contributed by atoms with Gasteiger partial charge in [-0.15, -0.1) is 0 Å². The van der Waals surface area contributed by atoms with Crippen molar-refractivity contribution >= 4 is 29.1 Å². The average Bonchev–Trinajstić information content (AvgIpc) is 3.75. The predicted octanol–water partition coefficient (Wildman–Crippen LogP) is 3.49. The second-order valence-electron chi connectivity index (χ2n) is 8.19. The highest BCUT2D eigenvalue weighted by atomic mass is 16.5. The summed E-state index contributed by atoms with van der Waals surface area (Å²) in [4.78, 5) is 33.3. The summed E-state index contributed by atoms with van der Waals surface area (Å²) in [6, 6.07) is 14.1. The molecule has 10 nitrogen and oxygen atoms in total. The zero-order valence-electron chi connectivity index (χ0n) is 20.0. The maximum absolute atomic E-state index is 12.4. The van der Waals surface area contributed by atoms with E-state index in [2.05, 4.69) is 32.0 Å². The molecule has 184 valence electrons. The zero-order valence-corrected chi connectivity index (χ0v) is 20.0. The van der Waals surface area contributed by atoms with Crippen LogP contribution in [0, 0.1) is 17.2 Å². The summed E-state index contributed by atoms with van der Waals surface area (Å²) in [6.45, 7) is 0.801. The SMILES string of the molecule is COCCNC(=O)c1ccc(Nc2nccc(-c3ccc(NC(=O)C4CC4)c(C#N)c3)n2)cc1OC. The summed E-state index contributed by atoms with van der Waals surface area (Å²) in [6.07, 6.45) is 3.38. The van der Waals surface area contributed by atoms with E-state index in [1.807, 2.05) is 0 Å². The van der Waals surface area contributed by atoms with Gasteiger partial charge in [-0.1, -0.05) is 6.07 Å². The second kappa shape index (κ2) is 11.3. The van der Waals surface area contributed by atoms with E-state index in [-0.39, 0.29) is 17.7 Å². The standard InChI is InChI=1S/C26H26N6O4/c1-35-12-11-28-25(34)20-7-6-19(14-23(20)36-2)30-26-29-10-9-22(32-26)17-5-8-21(18(13-17)15-27)31-24(33)16-3-4-16/h5-10,13-14,16H,3-4,11-12H2,1-2H3,(H,28,34)(H,31,33)(H,29,30,32). The number of nitrogens with zero attached hydrogens (tertiary/aromatic N) is 3. The first-order valence-corrected chi connectivity index (χ1v) is 11.4. The van der Waals surface area contributed by atoms with Crippen LogP contribution in [0.1, 0.15) is 28.8 Å². The molecule has 10 heteroatoms. The van der Waals surface area contributed by atoms with Crippen molar-refractivity contribution in [2.24, 2.45) is 5.92 Å². The zero-order chi connectivity index (χ0) is 25.5. The van der Waals surface area contributed by atoms with Crippen molar-refractivity contribution < 1.29 is 19.1 Å². The molecule has 2 amide bonds. The van der Waals surface area contributed by atoms with Gasteiger partial charge < -0.3 is 25.4 Å². The molecule has 1 aromatic heterocycles. The fourth-order valence-corrected chi connectivity index (χ4v) is 3.51. The van der Waals surface area contributed by atoms with Gasteiger partial charge in [-0.2, -0.15) is 5.26 Å². The summed E-state index contributed by atoms with van der Waals surface area (Å²) < 4.78 is 10.3. The van der Waals surface area contributed by atoms with Crippen LogP contribution < -0.4 is 20.7 Å². The molecule has 0 unspecified atom stereocenters. The van der Waals surface area contributed by atoms with Crippen LogP contribution in [0.15, 0.2) is 48.7 Å². The molecular weight excluding hydrogens is 460 g/mol. The van der Waals surface area contributed by atoms with Crippen molar-refractivity contribution in [1.82, 2.24) is 15.3 Å². The largest absolute Gasteiger partial charge is 0.496 e. The van der Waals surface area contributed by atoms with Crippen molar-refractivity contribution in [2.75, 3.05) is 38.0 Å². The van der Waals surface area contributed by atoms with E-state index in [9.17, 15) is 14.9 Å². The second-order valence-corrected chi connectivity index (χ2v) is 8.19. The Kier molecular flexibility index (Phi) is 7.72. The highest BCUT2D eigenvalue weighted by Gasteiger charge is 2.30.